The normalized spacial score (nSPS) is 21.0. The average Bonchev–Trinajstić information content (AvgIpc) is 3.94. The standard InChI is InChI=1S/C38H50N8O6/c1-21(2)31(43-37(49)51-7)35(47)45-19-23(5)15-29(45)33-39-17-27(41-33)14-11-25-9-12-26(13-10-25)28-18-40-34(42-28)30-16-24(6)20-46(30)36(48)32(22(3)4)44-38(50)52-8/h9-10,12-13,17-18,21-24,29-32H,15-16,19-20H2,1-8H3,(H,39,41)(H,40,42)(H,43,49)(H,44,50)/t23-,24+,29+,30+,31+,32+/m1/s1. The van der Waals surface area contributed by atoms with Gasteiger partial charge in [0, 0.05) is 18.7 Å². The van der Waals surface area contributed by atoms with Crippen LogP contribution >= 0.6 is 0 Å². The smallest absolute Gasteiger partial charge is 0.407 e. The van der Waals surface area contributed by atoms with Gasteiger partial charge in [-0.3, -0.25) is 9.59 Å². The van der Waals surface area contributed by atoms with E-state index in [-0.39, 0.29) is 47.6 Å². The molecule has 2 saturated heterocycles. The van der Waals surface area contributed by atoms with Gasteiger partial charge in [0.05, 0.1) is 44.4 Å². The van der Waals surface area contributed by atoms with Crippen LogP contribution in [-0.4, -0.2) is 93.1 Å². The van der Waals surface area contributed by atoms with Gasteiger partial charge >= 0.3 is 12.2 Å². The maximum absolute atomic E-state index is 13.6. The van der Waals surface area contributed by atoms with E-state index in [0.717, 1.165) is 29.7 Å². The second-order valence-corrected chi connectivity index (χ2v) is 14.6. The molecule has 0 radical (unpaired) electrons. The molecule has 0 saturated carbocycles. The molecule has 0 spiro atoms. The lowest BCUT2D eigenvalue weighted by Crippen LogP contribution is -2.51. The third kappa shape index (κ3) is 8.58. The Bertz CT molecular complexity index is 1800. The Balaban J connectivity index is 1.26. The van der Waals surface area contributed by atoms with E-state index in [4.69, 9.17) is 9.47 Å². The van der Waals surface area contributed by atoms with E-state index in [2.05, 4.69) is 56.3 Å². The molecule has 14 heteroatoms. The second-order valence-electron chi connectivity index (χ2n) is 14.6. The molecule has 2 aromatic heterocycles. The van der Waals surface area contributed by atoms with Gasteiger partial charge in [0.15, 0.2) is 0 Å². The lowest BCUT2D eigenvalue weighted by Gasteiger charge is -2.30. The minimum absolute atomic E-state index is 0.120. The number of hydrogen-bond donors (Lipinski definition) is 4. The van der Waals surface area contributed by atoms with Gasteiger partial charge in [-0.1, -0.05) is 59.6 Å². The Morgan fingerprint density at radius 1 is 0.750 bits per heavy atom. The molecule has 4 heterocycles. The number of ether oxygens (including phenoxy) is 2. The van der Waals surface area contributed by atoms with Crippen LogP contribution in [0.2, 0.25) is 0 Å². The Morgan fingerprint density at radius 3 is 1.71 bits per heavy atom. The topological polar surface area (TPSA) is 175 Å². The van der Waals surface area contributed by atoms with Crippen molar-refractivity contribution in [3.63, 3.8) is 0 Å². The number of carbonyl (C=O) groups is 4. The first-order chi connectivity index (χ1) is 24.8. The van der Waals surface area contributed by atoms with Crippen LogP contribution in [0.3, 0.4) is 0 Å². The lowest BCUT2D eigenvalue weighted by atomic mass is 10.0. The molecule has 0 aliphatic carbocycles. The number of alkyl carbamates (subject to hydrolysis) is 2. The number of nitrogens with one attached hydrogen (secondary N) is 4. The van der Waals surface area contributed by atoms with Crippen molar-refractivity contribution in [1.29, 1.82) is 0 Å². The zero-order chi connectivity index (χ0) is 37.7. The summed E-state index contributed by atoms with van der Waals surface area (Å²) in [5, 5.41) is 5.38. The fourth-order valence-electron chi connectivity index (χ4n) is 6.95. The number of carbonyl (C=O) groups excluding carboxylic acids is 4. The number of amides is 4. The minimum atomic E-state index is -0.713. The van der Waals surface area contributed by atoms with Crippen LogP contribution in [0, 0.1) is 35.5 Å². The largest absolute Gasteiger partial charge is 0.453 e. The summed E-state index contributed by atoms with van der Waals surface area (Å²) in [4.78, 5) is 70.6. The van der Waals surface area contributed by atoms with Crippen LogP contribution in [-0.2, 0) is 19.1 Å². The quantitative estimate of drug-likeness (QED) is 0.229. The summed E-state index contributed by atoms with van der Waals surface area (Å²) in [6.45, 7) is 12.9. The molecule has 1 aromatic carbocycles. The fourth-order valence-corrected chi connectivity index (χ4v) is 6.95. The number of rotatable bonds is 9. The van der Waals surface area contributed by atoms with Gasteiger partial charge in [-0.15, -0.1) is 0 Å². The molecule has 2 fully saturated rings. The molecule has 0 unspecified atom stereocenters. The number of H-pyrrole nitrogens is 2. The molecule has 52 heavy (non-hydrogen) atoms. The first-order valence-electron chi connectivity index (χ1n) is 17.8. The molecule has 14 nitrogen and oxygen atoms in total. The predicted octanol–water partition coefficient (Wildman–Crippen LogP) is 4.78. The van der Waals surface area contributed by atoms with Crippen molar-refractivity contribution in [2.75, 3.05) is 27.3 Å². The summed E-state index contributed by atoms with van der Waals surface area (Å²) in [6.07, 6.45) is 3.67. The maximum Gasteiger partial charge on any atom is 0.407 e. The van der Waals surface area contributed by atoms with Crippen molar-refractivity contribution in [3.05, 3.63) is 59.6 Å². The third-order valence-corrected chi connectivity index (χ3v) is 9.73. The fraction of sp³-hybridized carbons (Fsp3) is 0.526. The van der Waals surface area contributed by atoms with E-state index >= 15 is 0 Å². The highest BCUT2D eigenvalue weighted by Gasteiger charge is 2.41. The van der Waals surface area contributed by atoms with Crippen molar-refractivity contribution in [3.8, 4) is 23.1 Å². The van der Waals surface area contributed by atoms with Gasteiger partial charge in [0.25, 0.3) is 0 Å². The van der Waals surface area contributed by atoms with Crippen LogP contribution in [0.5, 0.6) is 0 Å². The number of nitrogens with zero attached hydrogens (tertiary/aromatic N) is 4. The van der Waals surface area contributed by atoms with Crippen molar-refractivity contribution in [2.24, 2.45) is 23.7 Å². The molecule has 2 aliphatic rings. The van der Waals surface area contributed by atoms with Gasteiger partial charge in [0.2, 0.25) is 11.8 Å². The highest BCUT2D eigenvalue weighted by Crippen LogP contribution is 2.36. The van der Waals surface area contributed by atoms with Crippen LogP contribution in [0.15, 0.2) is 36.7 Å². The molecular weight excluding hydrogens is 664 g/mol. The van der Waals surface area contributed by atoms with Gasteiger partial charge in [-0.25, -0.2) is 19.6 Å². The van der Waals surface area contributed by atoms with E-state index in [1.54, 1.807) is 22.2 Å². The molecule has 3 aromatic rings. The zero-order valence-corrected chi connectivity index (χ0v) is 31.1. The monoisotopic (exact) mass is 714 g/mol. The van der Waals surface area contributed by atoms with E-state index in [1.165, 1.54) is 14.2 Å². The van der Waals surface area contributed by atoms with Crippen molar-refractivity contribution in [2.45, 2.75) is 78.6 Å². The van der Waals surface area contributed by atoms with Crippen molar-refractivity contribution < 1.29 is 28.7 Å². The summed E-state index contributed by atoms with van der Waals surface area (Å²) >= 11 is 0. The average molecular weight is 715 g/mol. The van der Waals surface area contributed by atoms with Crippen LogP contribution in [0.4, 0.5) is 9.59 Å². The number of hydrogen-bond acceptors (Lipinski definition) is 8. The maximum atomic E-state index is 13.6. The number of aromatic nitrogens is 4. The zero-order valence-electron chi connectivity index (χ0n) is 31.1. The van der Waals surface area contributed by atoms with E-state index in [9.17, 15) is 19.2 Å². The molecule has 4 N–H and O–H groups in total. The highest BCUT2D eigenvalue weighted by atomic mass is 16.5. The molecule has 2 aliphatic heterocycles. The third-order valence-electron chi connectivity index (χ3n) is 9.73. The Morgan fingerprint density at radius 2 is 1.23 bits per heavy atom. The summed E-state index contributed by atoms with van der Waals surface area (Å²) in [7, 11) is 2.56. The van der Waals surface area contributed by atoms with Crippen LogP contribution in [0.25, 0.3) is 11.3 Å². The van der Waals surface area contributed by atoms with Gasteiger partial charge in [-0.05, 0) is 60.1 Å². The Labute approximate surface area is 304 Å². The summed E-state index contributed by atoms with van der Waals surface area (Å²) < 4.78 is 9.50. The first-order valence-corrected chi connectivity index (χ1v) is 17.8. The molecule has 4 amide bonds. The van der Waals surface area contributed by atoms with Gasteiger partial charge in [-0.2, -0.15) is 0 Å². The van der Waals surface area contributed by atoms with Crippen molar-refractivity contribution in [1.82, 2.24) is 40.4 Å². The van der Waals surface area contributed by atoms with Crippen molar-refractivity contribution >= 4 is 24.0 Å². The molecule has 6 atom stereocenters. The molecular formula is C38H50N8O6. The summed E-state index contributed by atoms with van der Waals surface area (Å²) in [6, 6.07) is 5.86. The molecule has 278 valence electrons. The number of likely N-dealkylation sites (tertiary alicyclic amines) is 2. The van der Waals surface area contributed by atoms with Gasteiger partial charge in [0.1, 0.15) is 29.4 Å². The highest BCUT2D eigenvalue weighted by molar-refractivity contribution is 5.87. The summed E-state index contributed by atoms with van der Waals surface area (Å²) in [5.74, 6) is 7.66. The number of imidazole rings is 2. The SMILES string of the molecule is COC(=O)N[C@H](C(=O)N1C[C@H](C)C[C@H]1c1ncc(C#Cc2ccc(-c3cnc([C@@H]4C[C@H](C)CN4C(=O)[C@@H](NC(=O)OC)C(C)C)[nH]3)cc2)[nH]1)C(C)C. The number of aromatic amines is 2. The Hall–Kier alpha value is -5.32. The van der Waals surface area contributed by atoms with E-state index < -0.39 is 24.3 Å². The van der Waals surface area contributed by atoms with E-state index in [0.29, 0.717) is 30.4 Å². The minimum Gasteiger partial charge on any atom is -0.453 e. The first kappa shape index (κ1) is 37.9. The molecule has 5 rings (SSSR count). The van der Waals surface area contributed by atoms with Crippen LogP contribution < -0.4 is 10.6 Å². The predicted molar refractivity (Wildman–Crippen MR) is 193 cm³/mol. The van der Waals surface area contributed by atoms with Gasteiger partial charge < -0.3 is 39.9 Å². The second kappa shape index (κ2) is 16.4. The van der Waals surface area contributed by atoms with Crippen LogP contribution in [0.1, 0.15) is 89.4 Å². The lowest BCUT2D eigenvalue weighted by molar-refractivity contribution is -0.136. The number of methoxy groups -OCH3 is 2. The Kier molecular flexibility index (Phi) is 11.9. The summed E-state index contributed by atoms with van der Waals surface area (Å²) in [5.41, 5.74) is 3.17. The van der Waals surface area contributed by atoms with E-state index in [1.807, 2.05) is 52.0 Å². The number of benzene rings is 1. The molecule has 0 bridgehead atoms.